The summed E-state index contributed by atoms with van der Waals surface area (Å²) in [5.41, 5.74) is 6.13. The molecule has 158 valence electrons. The summed E-state index contributed by atoms with van der Waals surface area (Å²) in [5, 5.41) is 8.41. The number of hydrogen-bond donors (Lipinski definition) is 1. The molecular formula is C24H29ClN4O. The maximum Gasteiger partial charge on any atom is 0.224 e. The second-order valence-electron chi connectivity index (χ2n) is 7.91. The number of aromatic nitrogens is 2. The fraction of sp³-hybridized carbons (Fsp3) is 0.333. The molecule has 0 aliphatic heterocycles. The molecular weight excluding hydrogens is 396 g/mol. The topological polar surface area (TPSA) is 50.2 Å². The third kappa shape index (κ3) is 5.10. The van der Waals surface area contributed by atoms with Crippen molar-refractivity contribution in [1.82, 2.24) is 20.0 Å². The first kappa shape index (κ1) is 22.1. The van der Waals surface area contributed by atoms with Gasteiger partial charge in [0.1, 0.15) is 0 Å². The van der Waals surface area contributed by atoms with Crippen LogP contribution in [0.1, 0.15) is 34.1 Å². The van der Waals surface area contributed by atoms with E-state index in [0.29, 0.717) is 18.0 Å². The van der Waals surface area contributed by atoms with Crippen LogP contribution in [0, 0.1) is 20.8 Å². The minimum atomic E-state index is -0.00387. The highest BCUT2D eigenvalue weighted by molar-refractivity contribution is 6.30. The highest BCUT2D eigenvalue weighted by atomic mass is 35.5. The highest BCUT2D eigenvalue weighted by Gasteiger charge is 2.18. The third-order valence-electron chi connectivity index (χ3n) is 5.43. The molecule has 6 heteroatoms. The molecule has 30 heavy (non-hydrogen) atoms. The van der Waals surface area contributed by atoms with Gasteiger partial charge in [0.05, 0.1) is 23.8 Å². The van der Waals surface area contributed by atoms with Crippen molar-refractivity contribution in [2.24, 2.45) is 0 Å². The maximum atomic E-state index is 12.7. The fourth-order valence-electron chi connectivity index (χ4n) is 3.59. The van der Waals surface area contributed by atoms with Gasteiger partial charge in [0.15, 0.2) is 0 Å². The van der Waals surface area contributed by atoms with E-state index in [-0.39, 0.29) is 11.9 Å². The van der Waals surface area contributed by atoms with Gasteiger partial charge in [0, 0.05) is 22.8 Å². The number of likely N-dealkylation sites (N-methyl/N-ethyl adjacent to an activating group) is 1. The summed E-state index contributed by atoms with van der Waals surface area (Å²) >= 11 is 5.99. The predicted molar refractivity (Wildman–Crippen MR) is 122 cm³/mol. The van der Waals surface area contributed by atoms with Crippen molar-refractivity contribution < 1.29 is 4.79 Å². The standard InChI is InChI=1S/C24H29ClN4O/c1-16-6-8-19(9-7-16)23(28(4)5)15-26-24(30)14-22-17(2)27-29(18(22)3)21-12-10-20(25)11-13-21/h6-13,23H,14-15H2,1-5H3,(H,26,30). The molecule has 0 aliphatic carbocycles. The number of nitrogens with one attached hydrogen (secondary N) is 1. The summed E-state index contributed by atoms with van der Waals surface area (Å²) in [7, 11) is 4.06. The van der Waals surface area contributed by atoms with Crippen LogP contribution < -0.4 is 5.32 Å². The summed E-state index contributed by atoms with van der Waals surface area (Å²) in [6.07, 6.45) is 0.305. The lowest BCUT2D eigenvalue weighted by atomic mass is 10.0. The smallest absolute Gasteiger partial charge is 0.224 e. The monoisotopic (exact) mass is 424 g/mol. The van der Waals surface area contributed by atoms with E-state index in [1.54, 1.807) is 0 Å². The van der Waals surface area contributed by atoms with Crippen LogP contribution in [-0.4, -0.2) is 41.2 Å². The molecule has 1 unspecified atom stereocenters. The molecule has 0 bridgehead atoms. The third-order valence-corrected chi connectivity index (χ3v) is 5.68. The van der Waals surface area contributed by atoms with E-state index in [0.717, 1.165) is 22.6 Å². The number of amides is 1. The lowest BCUT2D eigenvalue weighted by molar-refractivity contribution is -0.120. The lowest BCUT2D eigenvalue weighted by Gasteiger charge is -2.25. The van der Waals surface area contributed by atoms with Gasteiger partial charge < -0.3 is 10.2 Å². The Morgan fingerprint density at radius 2 is 1.70 bits per heavy atom. The SMILES string of the molecule is Cc1ccc(C(CNC(=O)Cc2c(C)nn(-c3ccc(Cl)cc3)c2C)N(C)C)cc1. The van der Waals surface area contributed by atoms with Gasteiger partial charge in [0.2, 0.25) is 5.91 Å². The molecule has 0 saturated carbocycles. The zero-order chi connectivity index (χ0) is 21.8. The predicted octanol–water partition coefficient (Wildman–Crippen LogP) is 4.41. The Balaban J connectivity index is 1.70. The van der Waals surface area contributed by atoms with E-state index < -0.39 is 0 Å². The minimum Gasteiger partial charge on any atom is -0.354 e. The average molecular weight is 425 g/mol. The van der Waals surface area contributed by atoms with E-state index >= 15 is 0 Å². The van der Waals surface area contributed by atoms with Crippen molar-refractivity contribution in [2.75, 3.05) is 20.6 Å². The van der Waals surface area contributed by atoms with E-state index in [1.165, 1.54) is 11.1 Å². The van der Waals surface area contributed by atoms with Crippen LogP contribution in [0.15, 0.2) is 48.5 Å². The largest absolute Gasteiger partial charge is 0.354 e. The van der Waals surface area contributed by atoms with E-state index in [9.17, 15) is 4.79 Å². The highest BCUT2D eigenvalue weighted by Crippen LogP contribution is 2.21. The molecule has 3 rings (SSSR count). The van der Waals surface area contributed by atoms with E-state index in [2.05, 4.69) is 46.5 Å². The van der Waals surface area contributed by atoms with Gasteiger partial charge in [-0.25, -0.2) is 4.68 Å². The molecule has 5 nitrogen and oxygen atoms in total. The summed E-state index contributed by atoms with van der Waals surface area (Å²) < 4.78 is 1.86. The molecule has 0 radical (unpaired) electrons. The second-order valence-corrected chi connectivity index (χ2v) is 8.34. The number of aryl methyl sites for hydroxylation is 2. The van der Waals surface area contributed by atoms with Crippen molar-refractivity contribution in [3.8, 4) is 5.69 Å². The quantitative estimate of drug-likeness (QED) is 0.611. The van der Waals surface area contributed by atoms with Crippen LogP contribution in [-0.2, 0) is 11.2 Å². The molecule has 0 fully saturated rings. The Bertz CT molecular complexity index is 1010. The van der Waals surface area contributed by atoms with Crippen LogP contribution in [0.4, 0.5) is 0 Å². The maximum absolute atomic E-state index is 12.7. The number of nitrogens with zero attached hydrogens (tertiary/aromatic N) is 3. The van der Waals surface area contributed by atoms with Crippen LogP contribution in [0.25, 0.3) is 5.69 Å². The Kier molecular flexibility index (Phi) is 6.95. The molecule has 1 aromatic heterocycles. The molecule has 1 heterocycles. The number of halogens is 1. The zero-order valence-electron chi connectivity index (χ0n) is 18.2. The number of hydrogen-bond acceptors (Lipinski definition) is 3. The fourth-order valence-corrected chi connectivity index (χ4v) is 3.71. The Morgan fingerprint density at radius 1 is 1.07 bits per heavy atom. The van der Waals surface area contributed by atoms with Crippen molar-refractivity contribution in [3.63, 3.8) is 0 Å². The van der Waals surface area contributed by atoms with Crippen molar-refractivity contribution in [2.45, 2.75) is 33.2 Å². The molecule has 1 atom stereocenters. The molecule has 1 N–H and O–H groups in total. The van der Waals surface area contributed by atoms with E-state index in [4.69, 9.17) is 11.6 Å². The van der Waals surface area contributed by atoms with Gasteiger partial charge in [-0.05, 0) is 64.7 Å². The van der Waals surface area contributed by atoms with Gasteiger partial charge in [0.25, 0.3) is 0 Å². The normalized spacial score (nSPS) is 12.2. The Labute approximate surface area is 183 Å². The summed E-state index contributed by atoms with van der Waals surface area (Å²) in [6, 6.07) is 16.1. The van der Waals surface area contributed by atoms with Crippen LogP contribution in [0.5, 0.6) is 0 Å². The first-order chi connectivity index (χ1) is 14.3. The first-order valence-electron chi connectivity index (χ1n) is 10.1. The van der Waals surface area contributed by atoms with Gasteiger partial charge in [-0.1, -0.05) is 41.4 Å². The molecule has 1 amide bonds. The Morgan fingerprint density at radius 3 is 2.30 bits per heavy atom. The van der Waals surface area contributed by atoms with Crippen molar-refractivity contribution in [3.05, 3.63) is 81.6 Å². The van der Waals surface area contributed by atoms with Gasteiger partial charge in [-0.15, -0.1) is 0 Å². The Hall–Kier alpha value is -2.63. The van der Waals surface area contributed by atoms with Crippen molar-refractivity contribution in [1.29, 1.82) is 0 Å². The van der Waals surface area contributed by atoms with E-state index in [1.807, 2.05) is 56.9 Å². The number of carbonyl (C=O) groups excluding carboxylic acids is 1. The lowest BCUT2D eigenvalue weighted by Crippen LogP contribution is -2.35. The summed E-state index contributed by atoms with van der Waals surface area (Å²) in [5.74, 6) is -0.00387. The first-order valence-corrected chi connectivity index (χ1v) is 10.4. The molecule has 0 aliphatic rings. The van der Waals surface area contributed by atoms with Crippen LogP contribution >= 0.6 is 11.6 Å². The van der Waals surface area contributed by atoms with Crippen molar-refractivity contribution >= 4 is 17.5 Å². The van der Waals surface area contributed by atoms with Gasteiger partial charge in [-0.2, -0.15) is 5.10 Å². The second kappa shape index (κ2) is 9.45. The number of rotatable bonds is 7. The molecule has 0 saturated heterocycles. The summed E-state index contributed by atoms with van der Waals surface area (Å²) in [4.78, 5) is 14.9. The van der Waals surface area contributed by atoms with Crippen LogP contribution in [0.2, 0.25) is 5.02 Å². The minimum absolute atomic E-state index is 0.00387. The number of benzene rings is 2. The van der Waals surface area contributed by atoms with Gasteiger partial charge in [-0.3, -0.25) is 4.79 Å². The molecule has 0 spiro atoms. The summed E-state index contributed by atoms with van der Waals surface area (Å²) in [6.45, 7) is 6.56. The van der Waals surface area contributed by atoms with Gasteiger partial charge >= 0.3 is 0 Å². The molecule has 2 aromatic carbocycles. The van der Waals surface area contributed by atoms with Crippen LogP contribution in [0.3, 0.4) is 0 Å². The average Bonchev–Trinajstić information content (AvgIpc) is 2.98. The zero-order valence-corrected chi connectivity index (χ0v) is 19.0. The molecule has 3 aromatic rings. The number of carbonyl (C=O) groups is 1.